The van der Waals surface area contributed by atoms with Gasteiger partial charge in [0.15, 0.2) is 6.29 Å². The lowest BCUT2D eigenvalue weighted by atomic mass is 9.90. The first-order valence-corrected chi connectivity index (χ1v) is 8.64. The summed E-state index contributed by atoms with van der Waals surface area (Å²) in [4.78, 5) is 0. The molecule has 0 aromatic heterocycles. The molecule has 24 heavy (non-hydrogen) atoms. The highest BCUT2D eigenvalue weighted by Crippen LogP contribution is 2.36. The topological polar surface area (TPSA) is 55.4 Å². The van der Waals surface area contributed by atoms with Crippen molar-refractivity contribution < 1.29 is 28.3 Å². The van der Waals surface area contributed by atoms with Crippen LogP contribution < -0.4 is 0 Å². The normalized spacial score (nSPS) is 29.5. The Bertz CT molecular complexity index is 405. The second kappa shape index (κ2) is 8.19. The Morgan fingerprint density at radius 2 is 1.75 bits per heavy atom. The second-order valence-corrected chi connectivity index (χ2v) is 7.32. The summed E-state index contributed by atoms with van der Waals surface area (Å²) in [5, 5.41) is 0. The molecule has 0 saturated carbocycles. The van der Waals surface area contributed by atoms with Crippen LogP contribution in [0.3, 0.4) is 0 Å². The molecule has 2 heterocycles. The largest absolute Gasteiger partial charge is 0.496 e. The van der Waals surface area contributed by atoms with Crippen molar-refractivity contribution in [3.8, 4) is 0 Å². The first-order chi connectivity index (χ1) is 11.3. The van der Waals surface area contributed by atoms with E-state index in [1.165, 1.54) is 0 Å². The molecule has 2 aliphatic heterocycles. The lowest BCUT2D eigenvalue weighted by molar-refractivity contribution is -0.157. The van der Waals surface area contributed by atoms with E-state index in [-0.39, 0.29) is 29.7 Å². The van der Waals surface area contributed by atoms with Crippen LogP contribution in [0.4, 0.5) is 0 Å². The number of ether oxygens (including phenoxy) is 4. The predicted octanol–water partition coefficient (Wildman–Crippen LogP) is 2.70. The van der Waals surface area contributed by atoms with Crippen LogP contribution in [0.1, 0.15) is 47.0 Å². The molecule has 0 amide bonds. The minimum Gasteiger partial charge on any atom is -0.496 e. The molecule has 2 aliphatic rings. The van der Waals surface area contributed by atoms with Gasteiger partial charge in [0.05, 0.1) is 23.6 Å². The van der Waals surface area contributed by atoms with E-state index in [1.54, 1.807) is 20.5 Å². The van der Waals surface area contributed by atoms with Gasteiger partial charge in [-0.25, -0.2) is 0 Å². The molecule has 2 saturated heterocycles. The Balaban J connectivity index is 1.87. The quantitative estimate of drug-likeness (QED) is 0.403. The fraction of sp³-hybridized carbons (Fsp3) is 0.882. The Labute approximate surface area is 145 Å². The third kappa shape index (κ3) is 4.73. The number of hydrogen-bond donors (Lipinski definition) is 0. The van der Waals surface area contributed by atoms with E-state index in [9.17, 15) is 0 Å². The van der Waals surface area contributed by atoms with Gasteiger partial charge in [-0.1, -0.05) is 0 Å². The summed E-state index contributed by atoms with van der Waals surface area (Å²) in [7, 11) is 2.86. The van der Waals surface area contributed by atoms with E-state index in [0.717, 1.165) is 19.4 Å². The maximum absolute atomic E-state index is 5.92. The van der Waals surface area contributed by atoms with Crippen LogP contribution in [0.2, 0.25) is 0 Å². The minimum atomic E-state index is -0.399. The summed E-state index contributed by atoms with van der Waals surface area (Å²) in [5.74, 6) is 1.81. The first-order valence-electron chi connectivity index (χ1n) is 8.64. The molecule has 0 aromatic rings. The summed E-state index contributed by atoms with van der Waals surface area (Å²) >= 11 is 0. The fourth-order valence-corrected chi connectivity index (χ4v) is 2.84. The molecule has 2 atom stereocenters. The van der Waals surface area contributed by atoms with Crippen molar-refractivity contribution in [2.24, 2.45) is 0 Å². The van der Waals surface area contributed by atoms with Gasteiger partial charge in [0.1, 0.15) is 6.10 Å². The number of methoxy groups -OCH3 is 2. The van der Waals surface area contributed by atoms with Gasteiger partial charge in [-0.05, 0) is 46.5 Å². The molecule has 0 aliphatic carbocycles. The third-order valence-electron chi connectivity index (χ3n) is 5.09. The van der Waals surface area contributed by atoms with Gasteiger partial charge in [0.2, 0.25) is 0 Å². The van der Waals surface area contributed by atoms with Gasteiger partial charge in [0, 0.05) is 27.2 Å². The summed E-state index contributed by atoms with van der Waals surface area (Å²) < 4.78 is 34.1. The molecule has 0 bridgehead atoms. The van der Waals surface area contributed by atoms with E-state index in [0.29, 0.717) is 6.42 Å². The zero-order valence-electron chi connectivity index (χ0n) is 15.7. The second-order valence-electron chi connectivity index (χ2n) is 7.32. The molecule has 7 heteroatoms. The predicted molar refractivity (Wildman–Crippen MR) is 91.5 cm³/mol. The van der Waals surface area contributed by atoms with E-state index in [2.05, 4.69) is 0 Å². The van der Waals surface area contributed by atoms with Gasteiger partial charge in [-0.15, -0.1) is 0 Å². The fourth-order valence-electron chi connectivity index (χ4n) is 2.84. The lowest BCUT2D eigenvalue weighted by Crippen LogP contribution is -2.41. The Hall–Kier alpha value is -0.595. The minimum absolute atomic E-state index is 0.0229. The van der Waals surface area contributed by atoms with Gasteiger partial charge in [-0.3, -0.25) is 0 Å². The summed E-state index contributed by atoms with van der Waals surface area (Å²) in [6.07, 6.45) is 3.88. The van der Waals surface area contributed by atoms with Crippen LogP contribution >= 0.6 is 0 Å². The average molecular weight is 342 g/mol. The Kier molecular flexibility index (Phi) is 6.73. The van der Waals surface area contributed by atoms with E-state index in [1.807, 2.05) is 33.7 Å². The molecule has 0 spiro atoms. The summed E-state index contributed by atoms with van der Waals surface area (Å²) in [5.41, 5.74) is -0.689. The summed E-state index contributed by atoms with van der Waals surface area (Å²) in [6, 6.07) is 0. The van der Waals surface area contributed by atoms with Crippen LogP contribution in [0.15, 0.2) is 12.2 Å². The van der Waals surface area contributed by atoms with Gasteiger partial charge < -0.3 is 28.3 Å². The van der Waals surface area contributed by atoms with Gasteiger partial charge in [-0.2, -0.15) is 0 Å². The standard InChI is InChI=1S/C17H31BO6/c1-16(2)17(3,4)24-18(23-16)9-11-22-13-8-7-10-21-14(13)12-15(19-5)20-6/h9,11,13-15H,7-8,10,12H2,1-6H3/b11-9+/t13-,14+/m1/s1. The first kappa shape index (κ1) is 19.7. The van der Waals surface area contributed by atoms with Gasteiger partial charge in [0.25, 0.3) is 0 Å². The lowest BCUT2D eigenvalue weighted by Gasteiger charge is -2.32. The van der Waals surface area contributed by atoms with Crippen LogP contribution in [0.5, 0.6) is 0 Å². The van der Waals surface area contributed by atoms with Crippen LogP contribution in [0.25, 0.3) is 0 Å². The van der Waals surface area contributed by atoms with E-state index in [4.69, 9.17) is 28.3 Å². The van der Waals surface area contributed by atoms with Gasteiger partial charge >= 0.3 is 7.12 Å². The van der Waals surface area contributed by atoms with Crippen molar-refractivity contribution in [1.29, 1.82) is 0 Å². The van der Waals surface area contributed by atoms with Crippen molar-refractivity contribution in [3.63, 3.8) is 0 Å². The van der Waals surface area contributed by atoms with Crippen molar-refractivity contribution in [3.05, 3.63) is 12.2 Å². The molecule has 0 aromatic carbocycles. The van der Waals surface area contributed by atoms with Crippen molar-refractivity contribution in [1.82, 2.24) is 0 Å². The maximum Gasteiger partial charge on any atom is 0.490 e. The molecule has 0 unspecified atom stereocenters. The highest BCUT2D eigenvalue weighted by molar-refractivity contribution is 6.51. The van der Waals surface area contributed by atoms with Crippen molar-refractivity contribution >= 4 is 7.12 Å². The molecule has 0 N–H and O–H groups in total. The highest BCUT2D eigenvalue weighted by atomic mass is 16.7. The number of rotatable bonds is 7. The molecule has 138 valence electrons. The molecular weight excluding hydrogens is 311 g/mol. The average Bonchev–Trinajstić information content (AvgIpc) is 2.73. The summed E-state index contributed by atoms with van der Waals surface area (Å²) in [6.45, 7) is 8.86. The molecule has 2 fully saturated rings. The van der Waals surface area contributed by atoms with Crippen LogP contribution in [-0.4, -0.2) is 57.6 Å². The molecular formula is C17H31BO6. The monoisotopic (exact) mass is 342 g/mol. The zero-order chi connectivity index (χ0) is 17.8. The van der Waals surface area contributed by atoms with Crippen molar-refractivity contribution in [2.45, 2.75) is 76.7 Å². The maximum atomic E-state index is 5.92. The smallest absolute Gasteiger partial charge is 0.490 e. The molecule has 2 rings (SSSR count). The van der Waals surface area contributed by atoms with E-state index >= 15 is 0 Å². The Morgan fingerprint density at radius 3 is 2.33 bits per heavy atom. The van der Waals surface area contributed by atoms with E-state index < -0.39 is 7.12 Å². The Morgan fingerprint density at radius 1 is 1.12 bits per heavy atom. The van der Waals surface area contributed by atoms with Crippen LogP contribution in [-0.2, 0) is 28.3 Å². The molecule has 6 nitrogen and oxygen atoms in total. The molecule has 0 radical (unpaired) electrons. The third-order valence-corrected chi connectivity index (χ3v) is 5.09. The highest BCUT2D eigenvalue weighted by Gasteiger charge is 2.50. The SMILES string of the molecule is COC(C[C@@H]1OCCC[C@H]1O/C=C/B1OC(C)(C)C(C)(C)O1)OC. The van der Waals surface area contributed by atoms with Crippen LogP contribution in [0, 0.1) is 0 Å². The van der Waals surface area contributed by atoms with Crippen molar-refractivity contribution in [2.75, 3.05) is 20.8 Å². The number of hydrogen-bond acceptors (Lipinski definition) is 6. The zero-order valence-corrected chi connectivity index (χ0v) is 15.7.